The fourth-order valence-corrected chi connectivity index (χ4v) is 3.78. The van der Waals surface area contributed by atoms with Crippen LogP contribution in [0.4, 0.5) is 15.6 Å². The number of anilines is 2. The van der Waals surface area contributed by atoms with Crippen molar-refractivity contribution in [3.05, 3.63) is 39.3 Å². The molecule has 3 rings (SSSR count). The first-order valence-electron chi connectivity index (χ1n) is 7.56. The molecule has 1 saturated carbocycles. The van der Waals surface area contributed by atoms with Gasteiger partial charge in [-0.3, -0.25) is 10.1 Å². The van der Waals surface area contributed by atoms with Crippen LogP contribution in [-0.4, -0.2) is 16.8 Å². The van der Waals surface area contributed by atoms with Crippen molar-refractivity contribution in [3.8, 4) is 0 Å². The molecule has 5 nitrogen and oxygen atoms in total. The van der Waals surface area contributed by atoms with Crippen LogP contribution in [0.3, 0.4) is 0 Å². The molecule has 1 aliphatic rings. The fraction of sp³-hybridized carbons (Fsp3) is 0.312. The number of thiazole rings is 1. The first kappa shape index (κ1) is 17.2. The van der Waals surface area contributed by atoms with Crippen molar-refractivity contribution in [2.24, 2.45) is 5.92 Å². The molecule has 1 aliphatic carbocycles. The van der Waals surface area contributed by atoms with Gasteiger partial charge in [0.2, 0.25) is 0 Å². The van der Waals surface area contributed by atoms with E-state index in [1.807, 2.05) is 0 Å². The van der Waals surface area contributed by atoms with Crippen molar-refractivity contribution < 1.29 is 9.59 Å². The summed E-state index contributed by atoms with van der Waals surface area (Å²) in [5.74, 6) is 0.0347. The number of hydrogen-bond donors (Lipinski definition) is 2. The number of aromatic nitrogens is 1. The van der Waals surface area contributed by atoms with Gasteiger partial charge < -0.3 is 5.32 Å². The molecule has 1 aromatic heterocycles. The summed E-state index contributed by atoms with van der Waals surface area (Å²) >= 11 is 13.0. The maximum atomic E-state index is 12.7. The molecule has 0 atom stereocenters. The second kappa shape index (κ2) is 7.51. The van der Waals surface area contributed by atoms with Gasteiger partial charge >= 0.3 is 6.03 Å². The van der Waals surface area contributed by atoms with E-state index in [4.69, 9.17) is 23.2 Å². The smallest absolute Gasteiger partial charge is 0.307 e. The van der Waals surface area contributed by atoms with Crippen LogP contribution in [0, 0.1) is 5.92 Å². The van der Waals surface area contributed by atoms with Crippen LogP contribution in [0.25, 0.3) is 0 Å². The van der Waals surface area contributed by atoms with Gasteiger partial charge in [-0.1, -0.05) is 47.4 Å². The van der Waals surface area contributed by atoms with E-state index in [0.29, 0.717) is 25.7 Å². The van der Waals surface area contributed by atoms with Crippen molar-refractivity contribution in [2.45, 2.75) is 25.7 Å². The Labute approximate surface area is 153 Å². The normalized spacial score (nSPS) is 14.6. The van der Waals surface area contributed by atoms with Crippen molar-refractivity contribution in [2.75, 3.05) is 10.6 Å². The van der Waals surface area contributed by atoms with E-state index in [9.17, 15) is 9.59 Å². The van der Waals surface area contributed by atoms with E-state index in [0.717, 1.165) is 37.0 Å². The molecule has 0 saturated heterocycles. The number of hydrogen-bond acceptors (Lipinski definition) is 4. The summed E-state index contributed by atoms with van der Waals surface area (Å²) in [4.78, 5) is 28.8. The zero-order valence-corrected chi connectivity index (χ0v) is 15.0. The highest BCUT2D eigenvalue weighted by Gasteiger charge is 2.26. The predicted molar refractivity (Wildman–Crippen MR) is 97.5 cm³/mol. The average molecular weight is 384 g/mol. The molecule has 2 amide bonds. The van der Waals surface area contributed by atoms with Crippen molar-refractivity contribution in [1.82, 2.24) is 4.98 Å². The maximum absolute atomic E-state index is 12.7. The Morgan fingerprint density at radius 1 is 1.17 bits per heavy atom. The molecule has 1 fully saturated rings. The van der Waals surface area contributed by atoms with Gasteiger partial charge in [-0.25, -0.2) is 9.78 Å². The summed E-state index contributed by atoms with van der Waals surface area (Å²) in [6, 6.07) is 4.41. The number of nitrogens with one attached hydrogen (secondary N) is 2. The molecule has 126 valence electrons. The van der Waals surface area contributed by atoms with Crippen molar-refractivity contribution >= 4 is 57.2 Å². The van der Waals surface area contributed by atoms with Gasteiger partial charge in [-0.15, -0.1) is 0 Å². The number of benzene rings is 1. The largest absolute Gasteiger partial charge is 0.325 e. The van der Waals surface area contributed by atoms with E-state index in [1.54, 1.807) is 18.2 Å². The van der Waals surface area contributed by atoms with Crippen molar-refractivity contribution in [3.63, 3.8) is 0 Å². The molecule has 2 N–H and O–H groups in total. The number of carbonyl (C=O) groups excluding carboxylic acids is 2. The third-order valence-corrected chi connectivity index (χ3v) is 5.18. The minimum absolute atomic E-state index is 0.00449. The summed E-state index contributed by atoms with van der Waals surface area (Å²) in [7, 11) is 0. The van der Waals surface area contributed by atoms with Gasteiger partial charge in [0.15, 0.2) is 10.9 Å². The summed E-state index contributed by atoms with van der Waals surface area (Å²) < 4.78 is 0.480. The number of amides is 2. The lowest BCUT2D eigenvalue weighted by Crippen LogP contribution is -2.22. The van der Waals surface area contributed by atoms with Crippen LogP contribution < -0.4 is 10.6 Å². The second-order valence-electron chi connectivity index (χ2n) is 5.58. The fourth-order valence-electron chi connectivity index (χ4n) is 2.80. The number of carbonyl (C=O) groups is 2. The van der Waals surface area contributed by atoms with Gasteiger partial charge in [0.1, 0.15) is 4.34 Å². The van der Waals surface area contributed by atoms with Gasteiger partial charge in [-0.05, 0) is 31.0 Å². The molecule has 0 bridgehead atoms. The lowest BCUT2D eigenvalue weighted by Gasteiger charge is -2.14. The number of rotatable bonds is 4. The van der Waals surface area contributed by atoms with E-state index < -0.39 is 6.03 Å². The Kier molecular flexibility index (Phi) is 5.38. The topological polar surface area (TPSA) is 71.1 Å². The zero-order chi connectivity index (χ0) is 17.1. The minimum atomic E-state index is -0.483. The molecule has 1 aromatic carbocycles. The monoisotopic (exact) mass is 383 g/mol. The highest BCUT2D eigenvalue weighted by molar-refractivity contribution is 7.19. The van der Waals surface area contributed by atoms with Gasteiger partial charge in [0.05, 0.1) is 11.9 Å². The Morgan fingerprint density at radius 3 is 2.58 bits per heavy atom. The van der Waals surface area contributed by atoms with E-state index >= 15 is 0 Å². The number of urea groups is 1. The van der Waals surface area contributed by atoms with Crippen LogP contribution in [0.2, 0.25) is 9.36 Å². The molecule has 24 heavy (non-hydrogen) atoms. The van der Waals surface area contributed by atoms with Crippen LogP contribution in [0.1, 0.15) is 36.0 Å². The van der Waals surface area contributed by atoms with Gasteiger partial charge in [-0.2, -0.15) is 0 Å². The Balaban J connectivity index is 1.77. The molecular formula is C16H15Cl2N3O2S. The van der Waals surface area contributed by atoms with Gasteiger partial charge in [0, 0.05) is 16.5 Å². The molecule has 8 heteroatoms. The van der Waals surface area contributed by atoms with Crippen LogP contribution >= 0.6 is 34.5 Å². The average Bonchev–Trinajstić information content (AvgIpc) is 3.20. The van der Waals surface area contributed by atoms with E-state index in [2.05, 4.69) is 15.6 Å². The standard InChI is InChI=1S/C16H15Cl2N3O2S/c17-10-5-6-12(11(7-10)14(22)9-3-1-2-4-9)20-15(23)21-16-19-8-13(18)24-16/h5-9H,1-4H2,(H2,19,20,21,23). The predicted octanol–water partition coefficient (Wildman–Crippen LogP) is 5.47. The molecule has 0 spiro atoms. The first-order chi connectivity index (χ1) is 11.5. The quantitative estimate of drug-likeness (QED) is 0.687. The molecule has 0 aliphatic heterocycles. The summed E-state index contributed by atoms with van der Waals surface area (Å²) in [5, 5.41) is 6.14. The molecule has 2 aromatic rings. The molecule has 0 unspecified atom stereocenters. The zero-order valence-electron chi connectivity index (χ0n) is 12.6. The van der Waals surface area contributed by atoms with Crippen LogP contribution in [-0.2, 0) is 0 Å². The van der Waals surface area contributed by atoms with Crippen LogP contribution in [0.5, 0.6) is 0 Å². The maximum Gasteiger partial charge on any atom is 0.325 e. The van der Waals surface area contributed by atoms with Crippen LogP contribution in [0.15, 0.2) is 24.4 Å². The van der Waals surface area contributed by atoms with E-state index in [-0.39, 0.29) is 11.7 Å². The summed E-state index contributed by atoms with van der Waals surface area (Å²) in [5.41, 5.74) is 0.887. The lowest BCUT2D eigenvalue weighted by molar-refractivity contribution is 0.0924. The SMILES string of the molecule is O=C(Nc1ncc(Cl)s1)Nc1ccc(Cl)cc1C(=O)C1CCCC1. The molecule has 1 heterocycles. The number of halogens is 2. The highest BCUT2D eigenvalue weighted by atomic mass is 35.5. The third kappa shape index (κ3) is 4.06. The number of nitrogens with zero attached hydrogens (tertiary/aromatic N) is 1. The number of ketones is 1. The molecular weight excluding hydrogens is 369 g/mol. The van der Waals surface area contributed by atoms with Gasteiger partial charge in [0.25, 0.3) is 0 Å². The lowest BCUT2D eigenvalue weighted by atomic mass is 9.95. The Morgan fingerprint density at radius 2 is 1.92 bits per heavy atom. The van der Waals surface area contributed by atoms with E-state index in [1.165, 1.54) is 6.20 Å². The Bertz CT molecular complexity index is 772. The summed E-state index contributed by atoms with van der Waals surface area (Å²) in [6.07, 6.45) is 5.35. The molecule has 0 radical (unpaired) electrons. The number of Topliss-reactive ketones (excluding diaryl/α,β-unsaturated/α-hetero) is 1. The highest BCUT2D eigenvalue weighted by Crippen LogP contribution is 2.32. The summed E-state index contributed by atoms with van der Waals surface area (Å²) in [6.45, 7) is 0. The minimum Gasteiger partial charge on any atom is -0.307 e. The second-order valence-corrected chi connectivity index (χ2v) is 7.68. The first-order valence-corrected chi connectivity index (χ1v) is 9.13. The third-order valence-electron chi connectivity index (χ3n) is 3.92. The van der Waals surface area contributed by atoms with Crippen molar-refractivity contribution in [1.29, 1.82) is 0 Å². The Hall–Kier alpha value is -1.63.